The molecule has 0 unspecified atom stereocenters. The van der Waals surface area contributed by atoms with Crippen LogP contribution in [0.4, 0.5) is 10.9 Å². The van der Waals surface area contributed by atoms with Crippen LogP contribution in [0.3, 0.4) is 0 Å². The van der Waals surface area contributed by atoms with E-state index in [0.717, 1.165) is 15.8 Å². The Morgan fingerprint density at radius 1 is 1.12 bits per heavy atom. The van der Waals surface area contributed by atoms with Crippen LogP contribution in [-0.2, 0) is 5.41 Å². The van der Waals surface area contributed by atoms with Gasteiger partial charge >= 0.3 is 0 Å². The van der Waals surface area contributed by atoms with Gasteiger partial charge < -0.3 is 14.5 Å². The third kappa shape index (κ3) is 4.42. The summed E-state index contributed by atoms with van der Waals surface area (Å²) in [6.07, 6.45) is 8.73. The molecule has 3 aromatic rings. The van der Waals surface area contributed by atoms with Crippen molar-refractivity contribution in [1.82, 2.24) is 19.9 Å². The smallest absolute Gasteiger partial charge is 0.218 e. The molecule has 8 heteroatoms. The van der Waals surface area contributed by atoms with Crippen molar-refractivity contribution in [2.24, 2.45) is 0 Å². The molecule has 0 saturated carbocycles. The second-order valence-electron chi connectivity index (χ2n) is 6.28. The summed E-state index contributed by atoms with van der Waals surface area (Å²) in [6.45, 7) is 6.26. The van der Waals surface area contributed by atoms with E-state index >= 15 is 0 Å². The Balaban J connectivity index is 1.68. The highest BCUT2D eigenvalue weighted by Gasteiger charge is 2.18. The lowest BCUT2D eigenvalue weighted by molar-refractivity contribution is 0.397. The van der Waals surface area contributed by atoms with Gasteiger partial charge in [-0.3, -0.25) is 0 Å². The van der Waals surface area contributed by atoms with Crippen molar-refractivity contribution < 1.29 is 9.15 Å². The minimum Gasteiger partial charge on any atom is -0.481 e. The lowest BCUT2D eigenvalue weighted by Crippen LogP contribution is -2.09. The van der Waals surface area contributed by atoms with Crippen LogP contribution >= 0.6 is 11.3 Å². The number of oxazole rings is 1. The molecular weight excluding hydrogens is 338 g/mol. The lowest BCUT2D eigenvalue weighted by atomic mass is 9.94. The predicted octanol–water partition coefficient (Wildman–Crippen LogP) is 4.14. The Morgan fingerprint density at radius 2 is 1.96 bits per heavy atom. The molecular formula is C17H19N5O2S. The first-order valence-corrected chi connectivity index (χ1v) is 8.49. The van der Waals surface area contributed by atoms with Gasteiger partial charge in [-0.25, -0.2) is 19.9 Å². The highest BCUT2D eigenvalue weighted by molar-refractivity contribution is 7.16. The summed E-state index contributed by atoms with van der Waals surface area (Å²) in [5, 5.41) is 3.85. The van der Waals surface area contributed by atoms with Crippen molar-refractivity contribution in [2.75, 3.05) is 12.4 Å². The van der Waals surface area contributed by atoms with Crippen molar-refractivity contribution in [1.29, 1.82) is 0 Å². The zero-order valence-corrected chi connectivity index (χ0v) is 15.3. The fourth-order valence-electron chi connectivity index (χ4n) is 1.92. The summed E-state index contributed by atoms with van der Waals surface area (Å²) in [5.74, 6) is 2.55. The van der Waals surface area contributed by atoms with Gasteiger partial charge in [-0.05, 0) is 6.08 Å². The van der Waals surface area contributed by atoms with Gasteiger partial charge in [0, 0.05) is 28.6 Å². The first kappa shape index (κ1) is 17.1. The number of anilines is 2. The molecule has 0 spiro atoms. The summed E-state index contributed by atoms with van der Waals surface area (Å²) in [4.78, 5) is 17.7. The maximum atomic E-state index is 5.74. The van der Waals surface area contributed by atoms with Gasteiger partial charge in [-0.2, -0.15) is 0 Å². The van der Waals surface area contributed by atoms with E-state index < -0.39 is 0 Å². The largest absolute Gasteiger partial charge is 0.481 e. The number of nitrogens with one attached hydrogen (secondary N) is 1. The normalized spacial score (nSPS) is 11.8. The molecule has 7 nitrogen and oxygen atoms in total. The molecule has 0 atom stereocenters. The molecule has 1 N–H and O–H groups in total. The number of aromatic nitrogens is 4. The van der Waals surface area contributed by atoms with Crippen molar-refractivity contribution >= 4 is 34.4 Å². The fraction of sp³-hybridized carbons (Fsp3) is 0.294. The molecule has 0 aromatic carbocycles. The van der Waals surface area contributed by atoms with E-state index in [-0.39, 0.29) is 5.41 Å². The van der Waals surface area contributed by atoms with E-state index in [1.807, 2.05) is 12.2 Å². The number of nitrogens with zero attached hydrogens (tertiary/aromatic N) is 4. The van der Waals surface area contributed by atoms with Gasteiger partial charge in [0.2, 0.25) is 11.8 Å². The number of hydrogen-bond acceptors (Lipinski definition) is 8. The van der Waals surface area contributed by atoms with E-state index in [1.54, 1.807) is 25.6 Å². The van der Waals surface area contributed by atoms with E-state index in [1.165, 1.54) is 17.7 Å². The van der Waals surface area contributed by atoms with Crippen LogP contribution in [0.25, 0.3) is 12.2 Å². The van der Waals surface area contributed by atoms with Gasteiger partial charge in [0.15, 0.2) is 5.13 Å². The zero-order valence-electron chi connectivity index (χ0n) is 14.5. The Bertz CT molecular complexity index is 879. The quantitative estimate of drug-likeness (QED) is 0.734. The number of thiazole rings is 1. The van der Waals surface area contributed by atoms with Crippen LogP contribution in [0.2, 0.25) is 0 Å². The van der Waals surface area contributed by atoms with Crippen LogP contribution in [0.15, 0.2) is 29.2 Å². The third-order valence-electron chi connectivity index (χ3n) is 3.26. The summed E-state index contributed by atoms with van der Waals surface area (Å²) >= 11 is 1.49. The molecule has 0 aliphatic carbocycles. The van der Waals surface area contributed by atoms with E-state index in [4.69, 9.17) is 9.15 Å². The molecule has 3 rings (SSSR count). The zero-order chi connectivity index (χ0) is 17.9. The summed E-state index contributed by atoms with van der Waals surface area (Å²) in [7, 11) is 1.56. The molecule has 3 heterocycles. The van der Waals surface area contributed by atoms with Crippen LogP contribution in [0.5, 0.6) is 5.88 Å². The Labute approximate surface area is 149 Å². The standard InChI is InChI=1S/C17H19N5O2S/c1-17(2,3)12-9-18-14(24-12)6-5-11-8-19-16(25-11)22-13-7-15(23-4)21-10-20-13/h5-10H,1-4H3,(H,19,20,21,22)/b6-5+. The van der Waals surface area contributed by atoms with Gasteiger partial charge in [0.25, 0.3) is 0 Å². The van der Waals surface area contributed by atoms with Crippen molar-refractivity contribution in [2.45, 2.75) is 26.2 Å². The van der Waals surface area contributed by atoms with Gasteiger partial charge in [-0.1, -0.05) is 32.1 Å². The van der Waals surface area contributed by atoms with Crippen LogP contribution in [0, 0.1) is 0 Å². The lowest BCUT2D eigenvalue weighted by Gasteiger charge is -2.12. The second kappa shape index (κ2) is 7.02. The summed E-state index contributed by atoms with van der Waals surface area (Å²) in [5.41, 5.74) is -0.0563. The van der Waals surface area contributed by atoms with Crippen molar-refractivity contribution in [3.63, 3.8) is 0 Å². The molecule has 0 amide bonds. The van der Waals surface area contributed by atoms with E-state index in [0.29, 0.717) is 17.6 Å². The molecule has 130 valence electrons. The summed E-state index contributed by atoms with van der Waals surface area (Å²) in [6, 6.07) is 1.71. The monoisotopic (exact) mass is 357 g/mol. The molecule has 3 aromatic heterocycles. The van der Waals surface area contributed by atoms with Gasteiger partial charge in [0.05, 0.1) is 13.3 Å². The molecule has 0 bridgehead atoms. The number of methoxy groups -OCH3 is 1. The van der Waals surface area contributed by atoms with Gasteiger partial charge in [0.1, 0.15) is 17.9 Å². The average Bonchev–Trinajstić information content (AvgIpc) is 3.22. The minimum absolute atomic E-state index is 0.0563. The first-order valence-electron chi connectivity index (χ1n) is 7.67. The Morgan fingerprint density at radius 3 is 2.68 bits per heavy atom. The average molecular weight is 357 g/mol. The van der Waals surface area contributed by atoms with Crippen molar-refractivity contribution in [3.05, 3.63) is 41.3 Å². The number of rotatable bonds is 5. The van der Waals surface area contributed by atoms with Crippen LogP contribution < -0.4 is 10.1 Å². The number of ether oxygens (including phenoxy) is 1. The maximum absolute atomic E-state index is 5.74. The highest BCUT2D eigenvalue weighted by Crippen LogP contribution is 2.26. The molecule has 0 radical (unpaired) electrons. The Kier molecular flexibility index (Phi) is 4.80. The second-order valence-corrected chi connectivity index (χ2v) is 7.35. The molecule has 0 fully saturated rings. The maximum Gasteiger partial charge on any atom is 0.218 e. The predicted molar refractivity (Wildman–Crippen MR) is 98.1 cm³/mol. The molecule has 0 aliphatic heterocycles. The van der Waals surface area contributed by atoms with Crippen molar-refractivity contribution in [3.8, 4) is 5.88 Å². The molecule has 25 heavy (non-hydrogen) atoms. The highest BCUT2D eigenvalue weighted by atomic mass is 32.1. The van der Waals surface area contributed by atoms with E-state index in [2.05, 4.69) is 46.0 Å². The van der Waals surface area contributed by atoms with Crippen LogP contribution in [0.1, 0.15) is 37.3 Å². The number of hydrogen-bond donors (Lipinski definition) is 1. The Hall–Kier alpha value is -2.74. The minimum atomic E-state index is -0.0563. The van der Waals surface area contributed by atoms with Crippen LogP contribution in [-0.4, -0.2) is 27.0 Å². The third-order valence-corrected chi connectivity index (χ3v) is 4.14. The SMILES string of the molecule is COc1cc(Nc2ncc(/C=C/c3ncc(C(C)(C)C)o3)s2)ncn1. The molecule has 0 saturated heterocycles. The molecule has 0 aliphatic rings. The van der Waals surface area contributed by atoms with E-state index in [9.17, 15) is 0 Å². The fourth-order valence-corrected chi connectivity index (χ4v) is 2.64. The first-order chi connectivity index (χ1) is 11.9. The topological polar surface area (TPSA) is 86.0 Å². The van der Waals surface area contributed by atoms with Gasteiger partial charge in [-0.15, -0.1) is 0 Å². The summed E-state index contributed by atoms with van der Waals surface area (Å²) < 4.78 is 10.8.